The van der Waals surface area contributed by atoms with Crippen LogP contribution in [0.5, 0.6) is 5.75 Å². The number of aryl methyl sites for hydroxylation is 1. The molecule has 1 aromatic carbocycles. The summed E-state index contributed by atoms with van der Waals surface area (Å²) in [6.45, 7) is 4.57. The van der Waals surface area contributed by atoms with Gasteiger partial charge in [0.1, 0.15) is 5.75 Å². The maximum atomic E-state index is 11.9. The number of Topliss-reactive ketones (excluding diaryl/α,β-unsaturated/α-hetero) is 1. The highest BCUT2D eigenvalue weighted by molar-refractivity contribution is 6.00. The van der Waals surface area contributed by atoms with E-state index in [9.17, 15) is 9.59 Å². The fourth-order valence-corrected chi connectivity index (χ4v) is 2.49. The highest BCUT2D eigenvalue weighted by Gasteiger charge is 2.21. The number of amides is 1. The third kappa shape index (κ3) is 4.06. The number of rotatable bonds is 7. The molecule has 2 rings (SSSR count). The predicted molar refractivity (Wildman–Crippen MR) is 81.7 cm³/mol. The molecule has 0 spiro atoms. The van der Waals surface area contributed by atoms with E-state index in [0.29, 0.717) is 18.7 Å². The number of ether oxygens (including phenoxy) is 1. The molecule has 0 bridgehead atoms. The van der Waals surface area contributed by atoms with Crippen molar-refractivity contribution in [2.24, 2.45) is 0 Å². The Labute approximate surface area is 125 Å². The lowest BCUT2D eigenvalue weighted by Gasteiger charge is -2.15. The molecule has 1 atom stereocenters. The lowest BCUT2D eigenvalue weighted by atomic mass is 10.1. The van der Waals surface area contributed by atoms with E-state index in [2.05, 4.69) is 12.2 Å². The van der Waals surface area contributed by atoms with Crippen molar-refractivity contribution in [2.75, 3.05) is 6.54 Å². The van der Waals surface area contributed by atoms with Crippen LogP contribution in [0.15, 0.2) is 18.2 Å². The Hall–Kier alpha value is -1.84. The van der Waals surface area contributed by atoms with Crippen LogP contribution in [0.25, 0.3) is 0 Å². The Morgan fingerprint density at radius 3 is 2.90 bits per heavy atom. The number of carbonyl (C=O) groups is 2. The zero-order valence-electron chi connectivity index (χ0n) is 12.8. The molecular formula is C17H23NO3. The second kappa shape index (κ2) is 7.25. The number of hydrogen-bond donors (Lipinski definition) is 1. The van der Waals surface area contributed by atoms with Gasteiger partial charge >= 0.3 is 0 Å². The van der Waals surface area contributed by atoms with Crippen LogP contribution in [0.2, 0.25) is 0 Å². The third-order valence-electron chi connectivity index (χ3n) is 3.76. The van der Waals surface area contributed by atoms with Crippen molar-refractivity contribution in [3.8, 4) is 5.75 Å². The molecule has 1 N–H and O–H groups in total. The van der Waals surface area contributed by atoms with E-state index in [1.165, 1.54) is 0 Å². The van der Waals surface area contributed by atoms with Gasteiger partial charge in [0.05, 0.1) is 0 Å². The fourth-order valence-electron chi connectivity index (χ4n) is 2.49. The number of nitrogens with one attached hydrogen (secondary N) is 1. The number of benzene rings is 1. The van der Waals surface area contributed by atoms with Crippen LogP contribution in [-0.2, 0) is 11.2 Å². The van der Waals surface area contributed by atoms with Crippen molar-refractivity contribution in [3.63, 3.8) is 0 Å². The first-order chi connectivity index (χ1) is 10.1. The van der Waals surface area contributed by atoms with Crippen LogP contribution in [0, 0.1) is 0 Å². The summed E-state index contributed by atoms with van der Waals surface area (Å²) in [4.78, 5) is 23.5. The van der Waals surface area contributed by atoms with Gasteiger partial charge in [-0.1, -0.05) is 19.8 Å². The Bertz CT molecular complexity index is 525. The zero-order chi connectivity index (χ0) is 15.2. The molecule has 0 heterocycles. The van der Waals surface area contributed by atoms with Crippen molar-refractivity contribution in [2.45, 2.75) is 52.1 Å². The minimum absolute atomic E-state index is 0.0947. The van der Waals surface area contributed by atoms with Crippen LogP contribution in [-0.4, -0.2) is 24.3 Å². The maximum Gasteiger partial charge on any atom is 0.260 e. The molecule has 4 nitrogen and oxygen atoms in total. The number of fused-ring (bicyclic) bond motifs is 1. The van der Waals surface area contributed by atoms with Gasteiger partial charge in [-0.2, -0.15) is 0 Å². The molecule has 1 unspecified atom stereocenters. The van der Waals surface area contributed by atoms with Crippen molar-refractivity contribution in [1.29, 1.82) is 0 Å². The second-order valence-electron chi connectivity index (χ2n) is 5.50. The normalized spacial score (nSPS) is 14.7. The van der Waals surface area contributed by atoms with Crippen molar-refractivity contribution < 1.29 is 14.3 Å². The highest BCUT2D eigenvalue weighted by atomic mass is 16.5. The first kappa shape index (κ1) is 15.5. The molecule has 0 radical (unpaired) electrons. The summed E-state index contributed by atoms with van der Waals surface area (Å²) in [5.74, 6) is 0.751. The van der Waals surface area contributed by atoms with Crippen molar-refractivity contribution >= 4 is 11.7 Å². The molecule has 0 saturated heterocycles. The van der Waals surface area contributed by atoms with E-state index in [0.717, 1.165) is 36.8 Å². The molecule has 114 valence electrons. The topological polar surface area (TPSA) is 55.4 Å². The van der Waals surface area contributed by atoms with Crippen molar-refractivity contribution in [3.05, 3.63) is 29.3 Å². The SMILES string of the molecule is CCCCCNC(=O)C(C)Oc1ccc2c(c1)CCC2=O. The molecule has 4 heteroatoms. The first-order valence-corrected chi connectivity index (χ1v) is 7.72. The van der Waals surface area contributed by atoms with E-state index < -0.39 is 6.10 Å². The molecule has 0 aromatic heterocycles. The number of unbranched alkanes of at least 4 members (excludes halogenated alkanes) is 2. The van der Waals surface area contributed by atoms with E-state index in [4.69, 9.17) is 4.74 Å². The number of ketones is 1. The van der Waals surface area contributed by atoms with Gasteiger partial charge in [-0.05, 0) is 43.5 Å². The lowest BCUT2D eigenvalue weighted by Crippen LogP contribution is -2.36. The van der Waals surface area contributed by atoms with E-state index in [-0.39, 0.29) is 11.7 Å². The largest absolute Gasteiger partial charge is 0.481 e. The minimum atomic E-state index is -0.526. The summed E-state index contributed by atoms with van der Waals surface area (Å²) in [6.07, 6.45) is 4.07. The summed E-state index contributed by atoms with van der Waals surface area (Å²) in [6, 6.07) is 5.44. The summed E-state index contributed by atoms with van der Waals surface area (Å²) in [5.41, 5.74) is 1.81. The van der Waals surface area contributed by atoms with Crippen LogP contribution in [0.4, 0.5) is 0 Å². The summed E-state index contributed by atoms with van der Waals surface area (Å²) >= 11 is 0. The summed E-state index contributed by atoms with van der Waals surface area (Å²) in [7, 11) is 0. The summed E-state index contributed by atoms with van der Waals surface area (Å²) in [5, 5.41) is 2.88. The Balaban J connectivity index is 1.86. The summed E-state index contributed by atoms with van der Waals surface area (Å²) < 4.78 is 5.67. The molecule has 0 fully saturated rings. The first-order valence-electron chi connectivity index (χ1n) is 7.72. The predicted octanol–water partition coefficient (Wildman–Crippen LogP) is 2.89. The molecule has 21 heavy (non-hydrogen) atoms. The van der Waals surface area contributed by atoms with Gasteiger partial charge in [0.25, 0.3) is 5.91 Å². The van der Waals surface area contributed by atoms with Gasteiger partial charge in [0.15, 0.2) is 11.9 Å². The van der Waals surface area contributed by atoms with E-state index in [1.807, 2.05) is 6.07 Å². The van der Waals surface area contributed by atoms with Crippen molar-refractivity contribution in [1.82, 2.24) is 5.32 Å². The van der Waals surface area contributed by atoms with Crippen LogP contribution in [0.1, 0.15) is 55.5 Å². The smallest absolute Gasteiger partial charge is 0.260 e. The van der Waals surface area contributed by atoms with Gasteiger partial charge in [0.2, 0.25) is 0 Å². The van der Waals surface area contributed by atoms with E-state index in [1.54, 1.807) is 19.1 Å². The quantitative estimate of drug-likeness (QED) is 0.785. The third-order valence-corrected chi connectivity index (χ3v) is 3.76. The monoisotopic (exact) mass is 289 g/mol. The Morgan fingerprint density at radius 2 is 2.14 bits per heavy atom. The van der Waals surface area contributed by atoms with Crippen LogP contribution >= 0.6 is 0 Å². The number of carbonyl (C=O) groups excluding carboxylic acids is 2. The van der Waals surface area contributed by atoms with Gasteiger partial charge in [0, 0.05) is 18.5 Å². The second-order valence-corrected chi connectivity index (χ2v) is 5.50. The highest BCUT2D eigenvalue weighted by Crippen LogP contribution is 2.26. The van der Waals surface area contributed by atoms with Gasteiger partial charge in [-0.15, -0.1) is 0 Å². The van der Waals surface area contributed by atoms with Gasteiger partial charge < -0.3 is 10.1 Å². The van der Waals surface area contributed by atoms with Crippen LogP contribution in [0.3, 0.4) is 0 Å². The Kier molecular flexibility index (Phi) is 5.37. The molecular weight excluding hydrogens is 266 g/mol. The lowest BCUT2D eigenvalue weighted by molar-refractivity contribution is -0.127. The fraction of sp³-hybridized carbons (Fsp3) is 0.529. The maximum absolute atomic E-state index is 11.9. The molecule has 0 aliphatic heterocycles. The number of hydrogen-bond acceptors (Lipinski definition) is 3. The molecule has 1 amide bonds. The molecule has 1 aliphatic carbocycles. The zero-order valence-corrected chi connectivity index (χ0v) is 12.8. The minimum Gasteiger partial charge on any atom is -0.481 e. The van der Waals surface area contributed by atoms with Gasteiger partial charge in [-0.3, -0.25) is 9.59 Å². The van der Waals surface area contributed by atoms with E-state index >= 15 is 0 Å². The standard InChI is InChI=1S/C17H23NO3/c1-3-4-5-10-18-17(20)12(2)21-14-7-8-15-13(11-14)6-9-16(15)19/h7-8,11-12H,3-6,9-10H2,1-2H3,(H,18,20). The molecule has 0 saturated carbocycles. The average Bonchev–Trinajstić information content (AvgIpc) is 2.84. The molecule has 1 aliphatic rings. The molecule has 1 aromatic rings. The van der Waals surface area contributed by atoms with Gasteiger partial charge in [-0.25, -0.2) is 0 Å². The average molecular weight is 289 g/mol. The Morgan fingerprint density at radius 1 is 1.33 bits per heavy atom. The van der Waals surface area contributed by atoms with Crippen LogP contribution < -0.4 is 10.1 Å².